The summed E-state index contributed by atoms with van der Waals surface area (Å²) in [4.78, 5) is 0. The van der Waals surface area contributed by atoms with Crippen LogP contribution in [-0.2, 0) is 50.0 Å². The van der Waals surface area contributed by atoms with Crippen LogP contribution in [0.25, 0.3) is 0 Å². The van der Waals surface area contributed by atoms with Gasteiger partial charge in [0.05, 0.1) is 0 Å². The van der Waals surface area contributed by atoms with Crippen LogP contribution in [0.2, 0.25) is 7.86 Å². The van der Waals surface area contributed by atoms with Gasteiger partial charge in [0.25, 0.3) is 0 Å². The molecule has 1 aliphatic rings. The van der Waals surface area contributed by atoms with E-state index in [0.717, 1.165) is 13.2 Å². The molecule has 1 rings (SSSR count). The predicted molar refractivity (Wildman–Crippen MR) is 61.8 cm³/mol. The van der Waals surface area contributed by atoms with E-state index in [4.69, 9.17) is 9.47 Å². The summed E-state index contributed by atoms with van der Waals surface area (Å²) in [5.41, 5.74) is 0.117. The Balaban J connectivity index is 2.54. The standard InChI is InChI=1S/C7H12O2.2Hg.2HI/c1-6-7(2,3)9-5-4-8-6;;;;/h6H,1-2,4-5H2,3H3;;;2*1H/q;2*+1;;/p-2. The molecule has 0 aromatic rings. The first-order valence-electron chi connectivity index (χ1n) is 4.60. The molecule has 0 aliphatic carbocycles. The molecule has 70 valence electrons. The second-order valence-electron chi connectivity index (χ2n) is 3.44. The third-order valence-corrected chi connectivity index (χ3v) is 20.2. The van der Waals surface area contributed by atoms with Crippen molar-refractivity contribution in [1.82, 2.24) is 0 Å². The number of ether oxygens (including phenoxy) is 2. The van der Waals surface area contributed by atoms with E-state index in [1.807, 2.05) is 0 Å². The van der Waals surface area contributed by atoms with Gasteiger partial charge in [-0.3, -0.25) is 0 Å². The minimum atomic E-state index is -0.614. The van der Waals surface area contributed by atoms with Crippen LogP contribution >= 0.6 is 35.3 Å². The van der Waals surface area contributed by atoms with Crippen LogP contribution in [0, 0.1) is 0 Å². The molecule has 0 aromatic heterocycles. The van der Waals surface area contributed by atoms with Crippen LogP contribution in [0.15, 0.2) is 0 Å². The number of rotatable bonds is 4. The first-order valence-corrected chi connectivity index (χ1v) is 43.3. The quantitative estimate of drug-likeness (QED) is 0.323. The Bertz CT molecular complexity index is 155. The van der Waals surface area contributed by atoms with Crippen molar-refractivity contribution in [2.24, 2.45) is 0 Å². The molecule has 0 saturated carbocycles. The normalized spacial score (nSPS) is 33.6. The first kappa shape index (κ1) is 14.3. The summed E-state index contributed by atoms with van der Waals surface area (Å²) in [5, 5.41) is 0. The van der Waals surface area contributed by atoms with Crippen LogP contribution in [0.3, 0.4) is 0 Å². The van der Waals surface area contributed by atoms with Crippen LogP contribution < -0.4 is 0 Å². The van der Waals surface area contributed by atoms with Crippen molar-refractivity contribution in [3.05, 3.63) is 0 Å². The molecule has 1 aliphatic heterocycles. The van der Waals surface area contributed by atoms with Crippen molar-refractivity contribution in [1.29, 1.82) is 0 Å². The molecule has 6 heteroatoms. The second kappa shape index (κ2) is 7.55. The molecule has 1 heterocycles. The summed E-state index contributed by atoms with van der Waals surface area (Å²) in [5.74, 6) is 0. The van der Waals surface area contributed by atoms with E-state index >= 15 is 0 Å². The summed E-state index contributed by atoms with van der Waals surface area (Å²) in [6.45, 7) is 3.91. The average molecular weight is 783 g/mol. The van der Waals surface area contributed by atoms with E-state index in [1.165, 1.54) is 7.86 Å². The molecule has 13 heavy (non-hydrogen) atoms. The topological polar surface area (TPSA) is 18.5 Å². The number of hydrogen-bond acceptors (Lipinski definition) is 2. The molecular formula is C7H12Hg2I2O2. The molecule has 0 bridgehead atoms. The van der Waals surface area contributed by atoms with Gasteiger partial charge in [0, 0.05) is 0 Å². The average Bonchev–Trinajstić information content (AvgIpc) is 2.10. The van der Waals surface area contributed by atoms with Crippen LogP contribution in [-0.4, -0.2) is 24.9 Å². The van der Waals surface area contributed by atoms with E-state index < -0.39 is 40.5 Å². The van der Waals surface area contributed by atoms with Gasteiger partial charge in [-0.2, -0.15) is 0 Å². The van der Waals surface area contributed by atoms with Crippen molar-refractivity contribution in [2.45, 2.75) is 26.5 Å². The van der Waals surface area contributed by atoms with Gasteiger partial charge in [-0.1, -0.05) is 0 Å². The fourth-order valence-electron chi connectivity index (χ4n) is 1.64. The molecule has 0 radical (unpaired) electrons. The Morgan fingerprint density at radius 1 is 1.38 bits per heavy atom. The zero-order valence-corrected chi connectivity index (χ0v) is 23.2. The van der Waals surface area contributed by atoms with E-state index in [1.54, 1.807) is 0 Å². The van der Waals surface area contributed by atoms with Crippen molar-refractivity contribution >= 4 is 35.3 Å². The van der Waals surface area contributed by atoms with E-state index in [-0.39, 0.29) is 5.60 Å². The number of hydrogen-bond donors (Lipinski definition) is 0. The molecule has 2 atom stereocenters. The zero-order valence-electron chi connectivity index (χ0n) is 7.89. The fourth-order valence-corrected chi connectivity index (χ4v) is 23.1. The van der Waals surface area contributed by atoms with E-state index in [0.29, 0.717) is 6.10 Å². The van der Waals surface area contributed by atoms with Crippen molar-refractivity contribution in [2.75, 3.05) is 13.2 Å². The molecule has 1 fully saturated rings. The van der Waals surface area contributed by atoms with Crippen LogP contribution in [0.4, 0.5) is 0 Å². The molecule has 0 N–H and O–H groups in total. The Hall–Kier alpha value is 3.25. The van der Waals surface area contributed by atoms with Gasteiger partial charge in [0.2, 0.25) is 0 Å². The second-order valence-corrected chi connectivity index (χ2v) is 29.5. The van der Waals surface area contributed by atoms with Gasteiger partial charge in [-0.05, 0) is 0 Å². The SMILES string of the molecule is CC1([CH2][Hg][I])OCCOC1[CH2][Hg][I]. The summed E-state index contributed by atoms with van der Waals surface area (Å²) in [6.07, 6.45) is 0.453. The van der Waals surface area contributed by atoms with E-state index in [2.05, 4.69) is 42.3 Å². The molecule has 0 amide bonds. The Kier molecular flexibility index (Phi) is 8.31. The molecule has 0 aromatic carbocycles. The van der Waals surface area contributed by atoms with Crippen molar-refractivity contribution in [3.8, 4) is 0 Å². The Morgan fingerprint density at radius 2 is 2.15 bits per heavy atom. The van der Waals surface area contributed by atoms with Crippen molar-refractivity contribution < 1.29 is 50.0 Å². The summed E-state index contributed by atoms with van der Waals surface area (Å²) >= 11 is 4.08. The zero-order chi connectivity index (χ0) is 9.73. The fraction of sp³-hybridized carbons (Fsp3) is 1.00. The minimum absolute atomic E-state index is 0.117. The van der Waals surface area contributed by atoms with Gasteiger partial charge >= 0.3 is 125 Å². The third-order valence-electron chi connectivity index (χ3n) is 2.48. The predicted octanol–water partition coefficient (Wildman–Crippen LogP) is 2.86. The van der Waals surface area contributed by atoms with Gasteiger partial charge in [0.1, 0.15) is 0 Å². The molecule has 0 spiro atoms. The molecule has 2 unspecified atom stereocenters. The maximum absolute atomic E-state index is 5.93. The van der Waals surface area contributed by atoms with Crippen molar-refractivity contribution in [3.63, 3.8) is 0 Å². The molecular weight excluding hydrogens is 771 g/mol. The Morgan fingerprint density at radius 3 is 2.77 bits per heavy atom. The van der Waals surface area contributed by atoms with E-state index in [9.17, 15) is 0 Å². The van der Waals surface area contributed by atoms with Gasteiger partial charge in [0.15, 0.2) is 0 Å². The molecule has 1 saturated heterocycles. The van der Waals surface area contributed by atoms with Gasteiger partial charge in [-0.25, -0.2) is 0 Å². The summed E-state index contributed by atoms with van der Waals surface area (Å²) < 4.78 is 14.5. The maximum atomic E-state index is 5.93. The third kappa shape index (κ3) is 4.55. The van der Waals surface area contributed by atoms with Crippen LogP contribution in [0.5, 0.6) is 0 Å². The number of halogens is 2. The monoisotopic (exact) mass is 786 g/mol. The van der Waals surface area contributed by atoms with Gasteiger partial charge in [-0.15, -0.1) is 0 Å². The Labute approximate surface area is 122 Å². The first-order chi connectivity index (χ1) is 6.23. The van der Waals surface area contributed by atoms with Gasteiger partial charge < -0.3 is 0 Å². The summed E-state index contributed by atoms with van der Waals surface area (Å²) in [6, 6.07) is 0. The molecule has 2 nitrogen and oxygen atoms in total. The summed E-state index contributed by atoms with van der Waals surface area (Å²) in [7, 11) is 0. The van der Waals surface area contributed by atoms with Crippen LogP contribution in [0.1, 0.15) is 6.92 Å².